The summed E-state index contributed by atoms with van der Waals surface area (Å²) in [7, 11) is 0. The molecule has 0 N–H and O–H groups in total. The van der Waals surface area contributed by atoms with Gasteiger partial charge in [-0.15, -0.1) is 99.6 Å². The van der Waals surface area contributed by atoms with Gasteiger partial charge in [0.2, 0.25) is 0 Å². The van der Waals surface area contributed by atoms with Crippen molar-refractivity contribution in [3.8, 4) is 101 Å². The summed E-state index contributed by atoms with van der Waals surface area (Å²) < 4.78 is 0.996. The number of halogens is 1. The molecule has 398 valence electrons. The standard InChI is InChI=1S/C75H67BrN3.Ir/c1-70(2)63-33-28-48(42-65(63)72(5,6)74(70,9)10)68-36-31-51(45-78-68)58-23-14-17-26-61(58)54-38-53(60-25-16-13-22-57(60)50-30-35-67(77-44-50)47-20-19-21-56(76)41-47)39-55(40-54)62-27-18-15-24-59(62)52-32-37-69(79-46-52)49-29-34-64-66(43-49)73(7,8)75(11,12)71(64,3)4;/h13-19,21-27,30-46H,1-12H3;/q-3;+3. The Balaban J connectivity index is 0.00000675. The molecule has 0 saturated heterocycles. The third kappa shape index (κ3) is 8.73. The third-order valence-corrected chi connectivity index (χ3v) is 20.8. The fraction of sp³-hybridized carbons (Fsp3) is 0.240. The summed E-state index contributed by atoms with van der Waals surface area (Å²) in [5.41, 5.74) is 24.5. The van der Waals surface area contributed by atoms with Gasteiger partial charge in [-0.05, 0) is 135 Å². The SMILES string of the molecule is CC1(C)c2c[c-]c(-c3ccc(-c4ccccc4-c4cc(-c5ccccc5-c5ccc(-c6[c-]ccc(Br)c6)nc5)cc(-c5ccccc5-c5ccc(-c6[c-]cc7c(c6)C(C)(C)C(C)(C)C7(C)C)nc5)c4)cn3)cc2C(C)(C)C1(C)C.[Ir+3]. The first-order chi connectivity index (χ1) is 37.6. The second-order valence-corrected chi connectivity index (χ2v) is 26.2. The quantitative estimate of drug-likeness (QED) is 0.135. The van der Waals surface area contributed by atoms with Crippen LogP contribution in [0.25, 0.3) is 101 Å². The zero-order valence-corrected chi connectivity index (χ0v) is 51.9. The maximum absolute atomic E-state index is 5.17. The molecule has 0 bridgehead atoms. The van der Waals surface area contributed by atoms with Crippen LogP contribution in [-0.2, 0) is 41.8 Å². The number of pyridine rings is 3. The van der Waals surface area contributed by atoms with Gasteiger partial charge in [-0.3, -0.25) is 0 Å². The number of hydrogen-bond acceptors (Lipinski definition) is 3. The van der Waals surface area contributed by atoms with Crippen molar-refractivity contribution in [2.75, 3.05) is 0 Å². The Bertz CT molecular complexity index is 3820. The van der Waals surface area contributed by atoms with Crippen molar-refractivity contribution < 1.29 is 20.1 Å². The Morgan fingerprint density at radius 3 is 0.925 bits per heavy atom. The Morgan fingerprint density at radius 1 is 0.325 bits per heavy atom. The van der Waals surface area contributed by atoms with E-state index < -0.39 is 0 Å². The van der Waals surface area contributed by atoms with Gasteiger partial charge in [0.05, 0.1) is 0 Å². The van der Waals surface area contributed by atoms with E-state index >= 15 is 0 Å². The predicted octanol–water partition coefficient (Wildman–Crippen LogP) is 20.2. The number of fused-ring (bicyclic) bond motifs is 2. The first-order valence-electron chi connectivity index (χ1n) is 27.7. The fourth-order valence-corrected chi connectivity index (χ4v) is 13.4. The zero-order chi connectivity index (χ0) is 55.4. The van der Waals surface area contributed by atoms with Gasteiger partial charge >= 0.3 is 20.1 Å². The van der Waals surface area contributed by atoms with Crippen molar-refractivity contribution in [3.63, 3.8) is 0 Å². The van der Waals surface area contributed by atoms with E-state index in [9.17, 15) is 0 Å². The molecule has 0 fully saturated rings. The summed E-state index contributed by atoms with van der Waals surface area (Å²) in [6, 6.07) is 72.0. The monoisotopic (exact) mass is 1280 g/mol. The van der Waals surface area contributed by atoms with Crippen LogP contribution in [0.15, 0.2) is 193 Å². The second-order valence-electron chi connectivity index (χ2n) is 25.3. The molecular formula is C75H67BrIrN3. The van der Waals surface area contributed by atoms with E-state index in [4.69, 9.17) is 15.0 Å². The van der Waals surface area contributed by atoms with Gasteiger partial charge in [0.25, 0.3) is 0 Å². The van der Waals surface area contributed by atoms with Gasteiger partial charge in [-0.1, -0.05) is 213 Å². The summed E-state index contributed by atoms with van der Waals surface area (Å²) in [5, 5.41) is 0. The van der Waals surface area contributed by atoms with E-state index in [0.29, 0.717) is 0 Å². The predicted molar refractivity (Wildman–Crippen MR) is 333 cm³/mol. The van der Waals surface area contributed by atoms with E-state index in [1.54, 1.807) is 0 Å². The largest absolute Gasteiger partial charge is 3.00 e. The van der Waals surface area contributed by atoms with Gasteiger partial charge in [-0.2, -0.15) is 0 Å². The molecule has 0 saturated carbocycles. The van der Waals surface area contributed by atoms with E-state index in [-0.39, 0.29) is 52.6 Å². The van der Waals surface area contributed by atoms with Crippen molar-refractivity contribution in [2.24, 2.45) is 10.8 Å². The maximum Gasteiger partial charge on any atom is 3.00 e. The molecule has 3 heterocycles. The Labute approximate surface area is 497 Å². The van der Waals surface area contributed by atoms with Crippen LogP contribution in [0.4, 0.5) is 0 Å². The molecule has 5 heteroatoms. The Kier molecular flexibility index (Phi) is 13.7. The summed E-state index contributed by atoms with van der Waals surface area (Å²) in [6.45, 7) is 28.7. The molecular weight excluding hydrogens is 1210 g/mol. The summed E-state index contributed by atoms with van der Waals surface area (Å²) >= 11 is 3.63. The van der Waals surface area contributed by atoms with Crippen molar-refractivity contribution in [2.45, 2.75) is 105 Å². The molecule has 12 rings (SSSR count). The first-order valence-corrected chi connectivity index (χ1v) is 28.5. The van der Waals surface area contributed by atoms with Crippen LogP contribution in [0.1, 0.15) is 105 Å². The molecule has 3 aromatic heterocycles. The number of hydrogen-bond donors (Lipinski definition) is 0. The smallest absolute Gasteiger partial charge is 0.304 e. The molecule has 2 aliphatic carbocycles. The number of aromatic nitrogens is 3. The van der Waals surface area contributed by atoms with Gasteiger partial charge in [-0.25, -0.2) is 0 Å². The number of benzene rings is 7. The van der Waals surface area contributed by atoms with Gasteiger partial charge < -0.3 is 15.0 Å². The summed E-state index contributed by atoms with van der Waals surface area (Å²) in [5.74, 6) is 0. The van der Waals surface area contributed by atoms with Crippen LogP contribution in [-0.4, -0.2) is 15.0 Å². The molecule has 0 radical (unpaired) electrons. The van der Waals surface area contributed by atoms with Crippen LogP contribution in [0, 0.1) is 29.0 Å². The molecule has 10 aromatic rings. The molecule has 0 atom stereocenters. The van der Waals surface area contributed by atoms with Gasteiger partial charge in [0.15, 0.2) is 0 Å². The summed E-state index contributed by atoms with van der Waals surface area (Å²) in [4.78, 5) is 15.3. The van der Waals surface area contributed by atoms with Crippen LogP contribution >= 0.6 is 15.9 Å². The van der Waals surface area contributed by atoms with Crippen LogP contribution in [0.5, 0.6) is 0 Å². The van der Waals surface area contributed by atoms with Crippen molar-refractivity contribution in [3.05, 3.63) is 233 Å². The van der Waals surface area contributed by atoms with E-state index in [1.165, 1.54) is 22.3 Å². The molecule has 0 spiro atoms. The van der Waals surface area contributed by atoms with Crippen molar-refractivity contribution in [1.29, 1.82) is 0 Å². The average molecular weight is 1280 g/mol. The van der Waals surface area contributed by atoms with Crippen LogP contribution < -0.4 is 0 Å². The average Bonchev–Trinajstić information content (AvgIpc) is 3.68. The second kappa shape index (κ2) is 20.0. The molecule has 0 amide bonds. The molecule has 2 aliphatic rings. The Morgan fingerprint density at radius 2 is 0.625 bits per heavy atom. The third-order valence-electron chi connectivity index (χ3n) is 20.3. The van der Waals surface area contributed by atoms with Crippen molar-refractivity contribution in [1.82, 2.24) is 15.0 Å². The Hall–Kier alpha value is -6.88. The fourth-order valence-electron chi connectivity index (χ4n) is 13.0. The maximum atomic E-state index is 5.17. The number of rotatable bonds is 9. The zero-order valence-electron chi connectivity index (χ0n) is 48.0. The minimum absolute atomic E-state index is 0. The van der Waals surface area contributed by atoms with E-state index in [1.807, 2.05) is 30.7 Å². The molecule has 3 nitrogen and oxygen atoms in total. The van der Waals surface area contributed by atoms with Gasteiger partial charge in [0, 0.05) is 18.6 Å². The normalized spacial score (nSPS) is 16.6. The van der Waals surface area contributed by atoms with E-state index in [2.05, 4.69) is 275 Å². The van der Waals surface area contributed by atoms with Crippen LogP contribution in [0.2, 0.25) is 0 Å². The molecule has 7 aromatic carbocycles. The minimum Gasteiger partial charge on any atom is -0.304 e. The molecule has 80 heavy (non-hydrogen) atoms. The van der Waals surface area contributed by atoms with Gasteiger partial charge in [0.1, 0.15) is 0 Å². The first kappa shape index (κ1) is 55.0. The van der Waals surface area contributed by atoms with Crippen molar-refractivity contribution >= 4 is 15.9 Å². The number of nitrogens with zero attached hydrogens (tertiary/aromatic N) is 3. The molecule has 0 unspecified atom stereocenters. The van der Waals surface area contributed by atoms with E-state index in [0.717, 1.165) is 105 Å². The topological polar surface area (TPSA) is 38.7 Å². The molecule has 0 aliphatic heterocycles. The minimum atomic E-state index is -0.0137. The summed E-state index contributed by atoms with van der Waals surface area (Å²) in [6.07, 6.45) is 6.05. The van der Waals surface area contributed by atoms with Crippen LogP contribution in [0.3, 0.4) is 0 Å².